The molecule has 1 unspecified atom stereocenters. The Bertz CT molecular complexity index is 1090. The summed E-state index contributed by atoms with van der Waals surface area (Å²) in [5, 5.41) is 16.5. The maximum atomic E-state index is 13.4. The molecule has 6 nitrogen and oxygen atoms in total. The summed E-state index contributed by atoms with van der Waals surface area (Å²) in [6.07, 6.45) is 8.45. The fourth-order valence-corrected chi connectivity index (χ4v) is 4.29. The number of carbonyl (C=O) groups excluding carboxylic acids is 1. The number of aryl methyl sites for hydroxylation is 1. The third-order valence-corrected chi connectivity index (χ3v) is 5.92. The molecule has 1 saturated carbocycles. The fourth-order valence-electron chi connectivity index (χ4n) is 4.29. The van der Waals surface area contributed by atoms with Crippen molar-refractivity contribution < 1.29 is 4.79 Å². The first-order chi connectivity index (χ1) is 14.2. The molecule has 6 heteroatoms. The van der Waals surface area contributed by atoms with E-state index in [2.05, 4.69) is 26.2 Å². The van der Waals surface area contributed by atoms with Gasteiger partial charge in [0.25, 0.3) is 5.91 Å². The molecule has 0 saturated heterocycles. The normalized spacial score (nSPS) is 18.0. The second kappa shape index (κ2) is 7.17. The fraction of sp³-hybridized carbons (Fsp3) is 0.304. The van der Waals surface area contributed by atoms with Crippen LogP contribution in [0.25, 0.3) is 11.1 Å². The van der Waals surface area contributed by atoms with Gasteiger partial charge in [-0.1, -0.05) is 12.1 Å². The molecular weight excluding hydrogens is 362 g/mol. The number of H-pyrrole nitrogens is 1. The summed E-state index contributed by atoms with van der Waals surface area (Å²) in [5.74, 6) is 0.0997. The van der Waals surface area contributed by atoms with Crippen molar-refractivity contribution in [1.29, 1.82) is 5.26 Å². The molecular formula is C23H21N5O. The summed E-state index contributed by atoms with van der Waals surface area (Å²) in [6.45, 7) is 0. The number of hydrogen-bond donors (Lipinski definition) is 1. The summed E-state index contributed by atoms with van der Waals surface area (Å²) >= 11 is 0. The Balaban J connectivity index is 1.40. The van der Waals surface area contributed by atoms with Crippen LogP contribution in [0, 0.1) is 11.3 Å². The van der Waals surface area contributed by atoms with Crippen molar-refractivity contribution >= 4 is 5.91 Å². The van der Waals surface area contributed by atoms with Crippen molar-refractivity contribution in [1.82, 2.24) is 20.1 Å². The second-order valence-electron chi connectivity index (χ2n) is 7.80. The number of carbonyl (C=O) groups is 1. The number of amides is 1. The zero-order valence-electron chi connectivity index (χ0n) is 16.0. The minimum atomic E-state index is 0.0997. The van der Waals surface area contributed by atoms with Gasteiger partial charge in [-0.3, -0.25) is 9.89 Å². The highest BCUT2D eigenvalue weighted by molar-refractivity contribution is 5.95. The first-order valence-electron chi connectivity index (χ1n) is 10.0. The lowest BCUT2D eigenvalue weighted by atomic mass is 9.91. The zero-order valence-corrected chi connectivity index (χ0v) is 16.0. The summed E-state index contributed by atoms with van der Waals surface area (Å²) < 4.78 is 0. The Hall–Kier alpha value is -3.46. The summed E-state index contributed by atoms with van der Waals surface area (Å²) in [5.41, 5.74) is 5.21. The molecule has 1 aromatic carbocycles. The van der Waals surface area contributed by atoms with Crippen LogP contribution in [0.15, 0.2) is 48.8 Å². The number of pyridine rings is 1. The van der Waals surface area contributed by atoms with Crippen molar-refractivity contribution in [2.75, 3.05) is 0 Å². The zero-order chi connectivity index (χ0) is 19.8. The van der Waals surface area contributed by atoms with E-state index in [9.17, 15) is 10.1 Å². The molecule has 2 heterocycles. The van der Waals surface area contributed by atoms with Crippen LogP contribution < -0.4 is 0 Å². The molecule has 1 atom stereocenters. The molecule has 5 rings (SSSR count). The highest BCUT2D eigenvalue weighted by Crippen LogP contribution is 2.35. The number of aromatic nitrogens is 3. The first-order valence-corrected chi connectivity index (χ1v) is 10.0. The largest absolute Gasteiger partial charge is 0.332 e. The van der Waals surface area contributed by atoms with E-state index < -0.39 is 0 Å². The Morgan fingerprint density at radius 3 is 2.72 bits per heavy atom. The van der Waals surface area contributed by atoms with Crippen LogP contribution in [-0.2, 0) is 12.8 Å². The lowest BCUT2D eigenvalue weighted by molar-refractivity contribution is 0.0643. The lowest BCUT2D eigenvalue weighted by Gasteiger charge is -2.34. The Morgan fingerprint density at radius 1 is 1.14 bits per heavy atom. The average molecular weight is 383 g/mol. The molecule has 144 valence electrons. The predicted molar refractivity (Wildman–Crippen MR) is 108 cm³/mol. The molecule has 0 aliphatic heterocycles. The Labute approximate surface area is 169 Å². The molecule has 2 aromatic heterocycles. The number of fused-ring (bicyclic) bond motifs is 1. The van der Waals surface area contributed by atoms with Gasteiger partial charge in [0.15, 0.2) is 0 Å². The van der Waals surface area contributed by atoms with Gasteiger partial charge in [-0.15, -0.1) is 0 Å². The predicted octanol–water partition coefficient (Wildman–Crippen LogP) is 3.51. The topological polar surface area (TPSA) is 85.7 Å². The Morgan fingerprint density at radius 2 is 1.97 bits per heavy atom. The van der Waals surface area contributed by atoms with Crippen LogP contribution in [0.3, 0.4) is 0 Å². The molecule has 1 fully saturated rings. The highest BCUT2D eigenvalue weighted by atomic mass is 16.2. The van der Waals surface area contributed by atoms with Gasteiger partial charge in [-0.2, -0.15) is 10.4 Å². The summed E-state index contributed by atoms with van der Waals surface area (Å²) in [4.78, 5) is 19.6. The molecule has 2 aliphatic rings. The quantitative estimate of drug-likeness (QED) is 0.747. The molecule has 3 aromatic rings. The average Bonchev–Trinajstić information content (AvgIpc) is 3.49. The number of benzene rings is 1. The first kappa shape index (κ1) is 17.6. The molecule has 0 spiro atoms. The molecule has 29 heavy (non-hydrogen) atoms. The van der Waals surface area contributed by atoms with Crippen LogP contribution >= 0.6 is 0 Å². The minimum absolute atomic E-state index is 0.0997. The van der Waals surface area contributed by atoms with Gasteiger partial charge >= 0.3 is 0 Å². The third-order valence-electron chi connectivity index (χ3n) is 5.92. The minimum Gasteiger partial charge on any atom is -0.332 e. The van der Waals surface area contributed by atoms with E-state index in [1.165, 1.54) is 11.3 Å². The number of hydrogen-bond acceptors (Lipinski definition) is 4. The van der Waals surface area contributed by atoms with Gasteiger partial charge in [-0.05, 0) is 67.5 Å². The second-order valence-corrected chi connectivity index (χ2v) is 7.80. The van der Waals surface area contributed by atoms with Crippen LogP contribution in [0.4, 0.5) is 0 Å². The maximum Gasteiger partial charge on any atom is 0.254 e. The third kappa shape index (κ3) is 3.29. The van der Waals surface area contributed by atoms with Crippen LogP contribution in [0.1, 0.15) is 46.6 Å². The Kier molecular flexibility index (Phi) is 4.36. The van der Waals surface area contributed by atoms with Crippen molar-refractivity contribution in [3.63, 3.8) is 0 Å². The molecule has 0 radical (unpaired) electrons. The van der Waals surface area contributed by atoms with E-state index in [1.807, 2.05) is 42.6 Å². The molecule has 0 bridgehead atoms. The number of aromatic amines is 1. The van der Waals surface area contributed by atoms with Gasteiger partial charge in [-0.25, -0.2) is 4.98 Å². The molecule has 2 aliphatic carbocycles. The summed E-state index contributed by atoms with van der Waals surface area (Å²) in [6, 6.07) is 14.0. The van der Waals surface area contributed by atoms with Crippen molar-refractivity contribution in [2.45, 2.75) is 44.2 Å². The van der Waals surface area contributed by atoms with Crippen LogP contribution in [0.2, 0.25) is 0 Å². The van der Waals surface area contributed by atoms with E-state index in [-0.39, 0.29) is 11.9 Å². The van der Waals surface area contributed by atoms with Crippen molar-refractivity contribution in [3.05, 3.63) is 71.3 Å². The number of nitrogens with one attached hydrogen (secondary N) is 1. The van der Waals surface area contributed by atoms with Gasteiger partial charge in [0, 0.05) is 35.1 Å². The van der Waals surface area contributed by atoms with E-state index in [4.69, 9.17) is 0 Å². The summed E-state index contributed by atoms with van der Waals surface area (Å²) in [7, 11) is 0. The van der Waals surface area contributed by atoms with E-state index in [0.717, 1.165) is 43.2 Å². The van der Waals surface area contributed by atoms with E-state index >= 15 is 0 Å². The smallest absolute Gasteiger partial charge is 0.254 e. The van der Waals surface area contributed by atoms with Gasteiger partial charge in [0.05, 0.1) is 6.20 Å². The van der Waals surface area contributed by atoms with Gasteiger partial charge < -0.3 is 4.90 Å². The van der Waals surface area contributed by atoms with Gasteiger partial charge in [0.2, 0.25) is 0 Å². The number of nitrogens with zero attached hydrogens (tertiary/aromatic N) is 4. The number of nitriles is 1. The lowest BCUT2D eigenvalue weighted by Crippen LogP contribution is -2.44. The van der Waals surface area contributed by atoms with Gasteiger partial charge in [0.1, 0.15) is 11.8 Å². The monoisotopic (exact) mass is 383 g/mol. The highest BCUT2D eigenvalue weighted by Gasteiger charge is 2.39. The van der Waals surface area contributed by atoms with Crippen molar-refractivity contribution in [2.24, 2.45) is 0 Å². The van der Waals surface area contributed by atoms with Crippen LogP contribution in [-0.4, -0.2) is 38.1 Å². The standard InChI is InChI=1S/C23H21N5O/c24-13-22-20(2-1-11-25-22)15-3-5-16(6-4-15)23(29)28(18-7-8-18)19-9-10-21-17(12-19)14-26-27-21/h1-6,11,14,18-19H,7-10,12H2,(H,26,27). The van der Waals surface area contributed by atoms with E-state index in [1.54, 1.807) is 6.20 Å². The van der Waals surface area contributed by atoms with E-state index in [0.29, 0.717) is 17.3 Å². The number of rotatable bonds is 4. The molecule has 1 N–H and O–H groups in total. The van der Waals surface area contributed by atoms with Crippen molar-refractivity contribution in [3.8, 4) is 17.2 Å². The van der Waals surface area contributed by atoms with Crippen LogP contribution in [0.5, 0.6) is 0 Å². The maximum absolute atomic E-state index is 13.4. The SMILES string of the molecule is N#Cc1ncccc1-c1ccc(C(=O)N(C2CC2)C2CCc3[nH]ncc3C2)cc1. The molecule has 1 amide bonds.